The van der Waals surface area contributed by atoms with Gasteiger partial charge in [-0.1, -0.05) is 35.0 Å². The molecular formula is C19H19Cl2N3S2. The highest BCUT2D eigenvalue weighted by atomic mass is 35.5. The number of piperazine rings is 1. The summed E-state index contributed by atoms with van der Waals surface area (Å²) in [7, 11) is 0. The van der Waals surface area contributed by atoms with E-state index in [1.807, 2.05) is 30.3 Å². The molecular weight excluding hydrogens is 405 g/mol. The maximum absolute atomic E-state index is 9.28. The third-order valence-corrected chi connectivity index (χ3v) is 6.59. The molecule has 2 unspecified atom stereocenters. The maximum atomic E-state index is 9.28. The second-order valence-electron chi connectivity index (χ2n) is 6.39. The van der Waals surface area contributed by atoms with Crippen LogP contribution in [-0.4, -0.2) is 29.5 Å². The summed E-state index contributed by atoms with van der Waals surface area (Å²) in [6, 6.07) is 14.4. The monoisotopic (exact) mass is 423 g/mol. The first kappa shape index (κ1) is 19.9. The van der Waals surface area contributed by atoms with Gasteiger partial charge in [-0.3, -0.25) is 0 Å². The van der Waals surface area contributed by atoms with Crippen LogP contribution >= 0.6 is 46.9 Å². The molecule has 7 heteroatoms. The predicted octanol–water partition coefficient (Wildman–Crippen LogP) is 5.71. The summed E-state index contributed by atoms with van der Waals surface area (Å²) in [5, 5.41) is 14.1. The number of hydrogen-bond acceptors (Lipinski definition) is 5. The molecule has 1 aliphatic rings. The molecule has 2 atom stereocenters. The predicted molar refractivity (Wildman–Crippen MR) is 111 cm³/mol. The van der Waals surface area contributed by atoms with Crippen LogP contribution in [0, 0.1) is 11.3 Å². The van der Waals surface area contributed by atoms with E-state index in [1.165, 1.54) is 0 Å². The number of benzene rings is 2. The lowest BCUT2D eigenvalue weighted by atomic mass is 10.2. The number of nitrogens with one attached hydrogen (secondary N) is 1. The zero-order chi connectivity index (χ0) is 18.7. The molecule has 1 heterocycles. The minimum Gasteiger partial charge on any atom is -0.309 e. The van der Waals surface area contributed by atoms with E-state index in [4.69, 9.17) is 23.2 Å². The van der Waals surface area contributed by atoms with E-state index in [2.05, 4.69) is 29.5 Å². The van der Waals surface area contributed by atoms with Crippen molar-refractivity contribution in [3.8, 4) is 6.07 Å². The van der Waals surface area contributed by atoms with Gasteiger partial charge in [0, 0.05) is 49.9 Å². The van der Waals surface area contributed by atoms with Crippen molar-refractivity contribution in [3.63, 3.8) is 0 Å². The third-order valence-electron chi connectivity index (χ3n) is 3.89. The second-order valence-corrected chi connectivity index (χ2v) is 9.51. The Bertz CT molecular complexity index is 808. The number of rotatable bonds is 4. The van der Waals surface area contributed by atoms with Gasteiger partial charge in [0.15, 0.2) is 0 Å². The normalized spacial score (nSPS) is 20.7. The first-order valence-corrected chi connectivity index (χ1v) is 10.6. The fourth-order valence-electron chi connectivity index (χ4n) is 2.94. The van der Waals surface area contributed by atoms with Crippen molar-refractivity contribution in [1.29, 1.82) is 5.26 Å². The fraction of sp³-hybridized carbons (Fsp3) is 0.316. The van der Waals surface area contributed by atoms with Crippen molar-refractivity contribution >= 4 is 46.9 Å². The SMILES string of the molecule is CC1CN(Sc2cc(C#N)ccc2Sc2cc(Cl)cc(Cl)c2)CC(C)N1. The molecule has 26 heavy (non-hydrogen) atoms. The molecule has 0 spiro atoms. The maximum Gasteiger partial charge on any atom is 0.0992 e. The highest BCUT2D eigenvalue weighted by molar-refractivity contribution is 8.01. The van der Waals surface area contributed by atoms with Crippen molar-refractivity contribution in [1.82, 2.24) is 9.62 Å². The number of hydrogen-bond donors (Lipinski definition) is 1. The fourth-order valence-corrected chi connectivity index (χ4v) is 5.96. The summed E-state index contributed by atoms with van der Waals surface area (Å²) < 4.78 is 2.36. The Morgan fingerprint density at radius 3 is 2.31 bits per heavy atom. The number of nitrogens with zero attached hydrogens (tertiary/aromatic N) is 2. The first-order chi connectivity index (χ1) is 12.4. The second kappa shape index (κ2) is 8.88. The van der Waals surface area contributed by atoms with Gasteiger partial charge in [-0.05, 0) is 62.2 Å². The van der Waals surface area contributed by atoms with Crippen molar-refractivity contribution < 1.29 is 0 Å². The Morgan fingerprint density at radius 1 is 1.04 bits per heavy atom. The summed E-state index contributed by atoms with van der Waals surface area (Å²) >= 11 is 15.6. The third kappa shape index (κ3) is 5.32. The van der Waals surface area contributed by atoms with Crippen LogP contribution in [-0.2, 0) is 0 Å². The zero-order valence-corrected chi connectivity index (χ0v) is 17.6. The number of halogens is 2. The summed E-state index contributed by atoms with van der Waals surface area (Å²) in [6.07, 6.45) is 0. The Morgan fingerprint density at radius 2 is 1.69 bits per heavy atom. The molecule has 3 rings (SSSR count). The lowest BCUT2D eigenvalue weighted by molar-refractivity contribution is 0.280. The van der Waals surface area contributed by atoms with Gasteiger partial charge in [-0.15, -0.1) is 0 Å². The summed E-state index contributed by atoms with van der Waals surface area (Å²) in [6.45, 7) is 6.30. The standard InChI is InChI=1S/C19H19Cl2N3S2/c1-12-10-24(11-13(2)23-12)26-19-5-14(9-22)3-4-18(19)25-17-7-15(20)6-16(21)8-17/h3-8,12-13,23H,10-11H2,1-2H3. The van der Waals surface area contributed by atoms with Gasteiger partial charge < -0.3 is 5.32 Å². The highest BCUT2D eigenvalue weighted by Gasteiger charge is 2.22. The van der Waals surface area contributed by atoms with E-state index >= 15 is 0 Å². The van der Waals surface area contributed by atoms with Crippen LogP contribution in [0.5, 0.6) is 0 Å². The topological polar surface area (TPSA) is 39.1 Å². The van der Waals surface area contributed by atoms with Crippen LogP contribution < -0.4 is 5.32 Å². The van der Waals surface area contributed by atoms with Gasteiger partial charge in [0.1, 0.15) is 0 Å². The van der Waals surface area contributed by atoms with Gasteiger partial charge in [0.25, 0.3) is 0 Å². The first-order valence-electron chi connectivity index (χ1n) is 8.30. The molecule has 0 bridgehead atoms. The van der Waals surface area contributed by atoms with Crippen molar-refractivity contribution in [2.75, 3.05) is 13.1 Å². The molecule has 1 saturated heterocycles. The van der Waals surface area contributed by atoms with Gasteiger partial charge in [-0.2, -0.15) is 5.26 Å². The number of nitriles is 1. The van der Waals surface area contributed by atoms with E-state index < -0.39 is 0 Å². The highest BCUT2D eigenvalue weighted by Crippen LogP contribution is 2.39. The molecule has 0 amide bonds. The van der Waals surface area contributed by atoms with Crippen molar-refractivity contribution in [2.24, 2.45) is 0 Å². The largest absolute Gasteiger partial charge is 0.309 e. The van der Waals surface area contributed by atoms with E-state index in [-0.39, 0.29) is 0 Å². The van der Waals surface area contributed by atoms with E-state index in [1.54, 1.807) is 29.8 Å². The van der Waals surface area contributed by atoms with Crippen molar-refractivity contribution in [3.05, 3.63) is 52.0 Å². The average Bonchev–Trinajstić information content (AvgIpc) is 2.54. The summed E-state index contributed by atoms with van der Waals surface area (Å²) in [5.74, 6) is 0. The van der Waals surface area contributed by atoms with Crippen LogP contribution in [0.2, 0.25) is 10.0 Å². The van der Waals surface area contributed by atoms with Crippen molar-refractivity contribution in [2.45, 2.75) is 40.6 Å². The molecule has 1 N–H and O–H groups in total. The van der Waals surface area contributed by atoms with Crippen LogP contribution in [0.3, 0.4) is 0 Å². The Hall–Kier alpha value is -0.870. The Kier molecular flexibility index (Phi) is 6.79. The summed E-state index contributed by atoms with van der Waals surface area (Å²) in [5.41, 5.74) is 0.664. The van der Waals surface area contributed by atoms with Crippen LogP contribution in [0.15, 0.2) is 51.1 Å². The molecule has 1 aliphatic heterocycles. The van der Waals surface area contributed by atoms with Crippen LogP contribution in [0.1, 0.15) is 19.4 Å². The molecule has 2 aromatic rings. The molecule has 2 aromatic carbocycles. The van der Waals surface area contributed by atoms with Gasteiger partial charge >= 0.3 is 0 Å². The van der Waals surface area contributed by atoms with Gasteiger partial charge in [0.05, 0.1) is 11.6 Å². The molecule has 0 saturated carbocycles. The average molecular weight is 424 g/mol. The minimum atomic E-state index is 0.438. The molecule has 0 radical (unpaired) electrons. The smallest absolute Gasteiger partial charge is 0.0992 e. The van der Waals surface area contributed by atoms with Crippen LogP contribution in [0.4, 0.5) is 0 Å². The van der Waals surface area contributed by atoms with Gasteiger partial charge in [-0.25, -0.2) is 4.31 Å². The Balaban J connectivity index is 1.86. The van der Waals surface area contributed by atoms with Gasteiger partial charge in [0.2, 0.25) is 0 Å². The van der Waals surface area contributed by atoms with Crippen LogP contribution in [0.25, 0.3) is 0 Å². The lowest BCUT2D eigenvalue weighted by Gasteiger charge is -2.35. The lowest BCUT2D eigenvalue weighted by Crippen LogP contribution is -2.51. The molecule has 0 aromatic heterocycles. The molecule has 136 valence electrons. The van der Waals surface area contributed by atoms with E-state index in [0.717, 1.165) is 27.8 Å². The minimum absolute atomic E-state index is 0.438. The molecule has 1 fully saturated rings. The Labute approximate surface area is 173 Å². The quantitative estimate of drug-likeness (QED) is 0.637. The summed E-state index contributed by atoms with van der Waals surface area (Å²) in [4.78, 5) is 3.15. The zero-order valence-electron chi connectivity index (χ0n) is 14.5. The molecule has 0 aliphatic carbocycles. The van der Waals surface area contributed by atoms with E-state index in [9.17, 15) is 5.26 Å². The van der Waals surface area contributed by atoms with E-state index in [0.29, 0.717) is 27.7 Å². The molecule has 3 nitrogen and oxygen atoms in total.